The van der Waals surface area contributed by atoms with Gasteiger partial charge in [-0.3, -0.25) is 18.7 Å². The van der Waals surface area contributed by atoms with Gasteiger partial charge in [-0.05, 0) is 6.07 Å². The van der Waals surface area contributed by atoms with E-state index in [4.69, 9.17) is 4.74 Å². The van der Waals surface area contributed by atoms with E-state index < -0.39 is 22.8 Å². The topological polar surface area (TPSA) is 120 Å². The van der Waals surface area contributed by atoms with Crippen LogP contribution in [0.25, 0.3) is 11.2 Å². The monoisotopic (exact) mass is 399 g/mol. The maximum atomic E-state index is 12.5. The molecule has 1 atom stereocenters. The number of para-hydroxylation sites is 1. The molecule has 1 amide bonds. The van der Waals surface area contributed by atoms with Crippen molar-refractivity contribution in [2.24, 2.45) is 14.1 Å². The highest BCUT2D eigenvalue weighted by atomic mass is 16.5. The van der Waals surface area contributed by atoms with Crippen LogP contribution in [0, 0.1) is 0 Å². The second-order valence-corrected chi connectivity index (χ2v) is 7.15. The second kappa shape index (κ2) is 6.89. The Bertz CT molecular complexity index is 1220. The summed E-state index contributed by atoms with van der Waals surface area (Å²) in [6, 6.07) is 7.17. The molecule has 1 unspecified atom stereocenters. The fourth-order valence-corrected chi connectivity index (χ4v) is 3.60. The quantitative estimate of drug-likeness (QED) is 0.594. The number of carbonyl (C=O) groups excluding carboxylic acids is 1. The molecule has 0 aliphatic carbocycles. The Morgan fingerprint density at radius 3 is 2.83 bits per heavy atom. The predicted molar refractivity (Wildman–Crippen MR) is 104 cm³/mol. The molecular weight excluding hydrogens is 378 g/mol. The van der Waals surface area contributed by atoms with Crippen molar-refractivity contribution in [3.63, 3.8) is 0 Å². The summed E-state index contributed by atoms with van der Waals surface area (Å²) >= 11 is 0. The standard InChI is InChI=1S/C19H21N5O5/c1-22-16-15(17(26)23(2)18(22)27)24(11-21-16)9-14(25)20-10-19(28)7-8-29-13-6-4-3-5-12(13)19/h3-6,11,28H,7-10H2,1-2H3,(H,20,25). The van der Waals surface area contributed by atoms with Gasteiger partial charge < -0.3 is 19.7 Å². The Hall–Kier alpha value is -3.40. The molecule has 0 saturated heterocycles. The van der Waals surface area contributed by atoms with Crippen LogP contribution in [0.15, 0.2) is 40.2 Å². The zero-order chi connectivity index (χ0) is 20.8. The second-order valence-electron chi connectivity index (χ2n) is 7.15. The Kier molecular flexibility index (Phi) is 4.50. The number of hydrogen-bond acceptors (Lipinski definition) is 6. The first-order valence-corrected chi connectivity index (χ1v) is 9.14. The average molecular weight is 399 g/mol. The SMILES string of the molecule is Cn1c(=O)c2c(ncn2CC(=O)NCC2(O)CCOc3ccccc32)n(C)c1=O. The molecular formula is C19H21N5O5. The normalized spacial score (nSPS) is 18.3. The molecule has 0 fully saturated rings. The number of fused-ring (bicyclic) bond motifs is 2. The number of aromatic nitrogens is 4. The molecule has 1 aliphatic rings. The van der Waals surface area contributed by atoms with Crippen LogP contribution in [-0.4, -0.2) is 42.9 Å². The van der Waals surface area contributed by atoms with E-state index in [9.17, 15) is 19.5 Å². The first-order valence-electron chi connectivity index (χ1n) is 9.14. The van der Waals surface area contributed by atoms with E-state index in [1.54, 1.807) is 18.2 Å². The van der Waals surface area contributed by atoms with Crippen molar-refractivity contribution in [2.75, 3.05) is 13.2 Å². The van der Waals surface area contributed by atoms with Crippen LogP contribution >= 0.6 is 0 Å². The molecule has 0 saturated carbocycles. The summed E-state index contributed by atoms with van der Waals surface area (Å²) in [6.45, 7) is 0.188. The first-order chi connectivity index (χ1) is 13.8. The number of aliphatic hydroxyl groups is 1. The third-order valence-electron chi connectivity index (χ3n) is 5.27. The summed E-state index contributed by atoms with van der Waals surface area (Å²) in [4.78, 5) is 41.1. The molecule has 1 aliphatic heterocycles. The van der Waals surface area contributed by atoms with Crippen LogP contribution in [0.3, 0.4) is 0 Å². The number of imidazole rings is 1. The maximum Gasteiger partial charge on any atom is 0.332 e. The largest absolute Gasteiger partial charge is 0.493 e. The van der Waals surface area contributed by atoms with E-state index in [2.05, 4.69) is 10.3 Å². The van der Waals surface area contributed by atoms with Crippen molar-refractivity contribution >= 4 is 17.1 Å². The van der Waals surface area contributed by atoms with Crippen molar-refractivity contribution in [3.05, 3.63) is 57.0 Å². The van der Waals surface area contributed by atoms with Gasteiger partial charge >= 0.3 is 5.69 Å². The summed E-state index contributed by atoms with van der Waals surface area (Å²) in [7, 11) is 2.89. The minimum Gasteiger partial charge on any atom is -0.493 e. The fourth-order valence-electron chi connectivity index (χ4n) is 3.60. The van der Waals surface area contributed by atoms with Gasteiger partial charge in [0.05, 0.1) is 19.5 Å². The van der Waals surface area contributed by atoms with E-state index in [1.807, 2.05) is 6.07 Å². The van der Waals surface area contributed by atoms with Crippen molar-refractivity contribution in [1.82, 2.24) is 24.0 Å². The van der Waals surface area contributed by atoms with Gasteiger partial charge in [0.15, 0.2) is 11.2 Å². The third-order valence-corrected chi connectivity index (χ3v) is 5.27. The Labute approximate surface area is 165 Å². The molecule has 3 aromatic rings. The molecule has 2 N–H and O–H groups in total. The van der Waals surface area contributed by atoms with Gasteiger partial charge in [0, 0.05) is 26.1 Å². The molecule has 3 heterocycles. The van der Waals surface area contributed by atoms with Crippen molar-refractivity contribution in [3.8, 4) is 5.75 Å². The summed E-state index contributed by atoms with van der Waals surface area (Å²) in [5.74, 6) is 0.207. The number of rotatable bonds is 4. The molecule has 152 valence electrons. The Morgan fingerprint density at radius 1 is 1.28 bits per heavy atom. The van der Waals surface area contributed by atoms with Gasteiger partial charge in [-0.15, -0.1) is 0 Å². The van der Waals surface area contributed by atoms with E-state index >= 15 is 0 Å². The van der Waals surface area contributed by atoms with Gasteiger partial charge in [0.2, 0.25) is 5.91 Å². The van der Waals surface area contributed by atoms with Crippen LogP contribution in [0.5, 0.6) is 5.75 Å². The summed E-state index contributed by atoms with van der Waals surface area (Å²) in [5, 5.41) is 13.7. The van der Waals surface area contributed by atoms with E-state index in [1.165, 1.54) is 29.6 Å². The van der Waals surface area contributed by atoms with Crippen LogP contribution < -0.4 is 21.3 Å². The van der Waals surface area contributed by atoms with E-state index in [0.717, 1.165) is 4.57 Å². The van der Waals surface area contributed by atoms with Gasteiger partial charge in [0.1, 0.15) is 17.9 Å². The number of hydrogen-bond donors (Lipinski definition) is 2. The number of ether oxygens (including phenoxy) is 1. The molecule has 1 aromatic carbocycles. The Balaban J connectivity index is 1.55. The van der Waals surface area contributed by atoms with Crippen LogP contribution in [-0.2, 0) is 31.0 Å². The summed E-state index contributed by atoms with van der Waals surface area (Å²) < 4.78 is 9.18. The highest BCUT2D eigenvalue weighted by Gasteiger charge is 2.35. The maximum absolute atomic E-state index is 12.5. The van der Waals surface area contributed by atoms with E-state index in [0.29, 0.717) is 24.3 Å². The molecule has 10 heteroatoms. The predicted octanol–water partition coefficient (Wildman–Crippen LogP) is -0.780. The highest BCUT2D eigenvalue weighted by Crippen LogP contribution is 2.36. The minimum atomic E-state index is -1.23. The fraction of sp³-hybridized carbons (Fsp3) is 0.368. The highest BCUT2D eigenvalue weighted by molar-refractivity contribution is 5.79. The number of nitrogens with zero attached hydrogens (tertiary/aromatic N) is 4. The first kappa shape index (κ1) is 18.9. The number of benzene rings is 1. The molecule has 0 bridgehead atoms. The summed E-state index contributed by atoms with van der Waals surface area (Å²) in [5.41, 5.74) is -1.24. The average Bonchev–Trinajstić information content (AvgIpc) is 3.13. The lowest BCUT2D eigenvalue weighted by atomic mass is 9.88. The van der Waals surface area contributed by atoms with Gasteiger partial charge in [-0.25, -0.2) is 9.78 Å². The summed E-state index contributed by atoms with van der Waals surface area (Å²) in [6.07, 6.45) is 1.70. The number of carbonyl (C=O) groups is 1. The lowest BCUT2D eigenvalue weighted by Crippen LogP contribution is -2.44. The molecule has 0 spiro atoms. The number of aryl methyl sites for hydroxylation is 1. The van der Waals surface area contributed by atoms with E-state index in [-0.39, 0.29) is 24.3 Å². The molecule has 0 radical (unpaired) electrons. The minimum absolute atomic E-state index is 0.00926. The lowest BCUT2D eigenvalue weighted by molar-refractivity contribution is -0.123. The zero-order valence-corrected chi connectivity index (χ0v) is 16.1. The van der Waals surface area contributed by atoms with Crippen molar-refractivity contribution in [2.45, 2.75) is 18.6 Å². The smallest absolute Gasteiger partial charge is 0.332 e. The number of nitrogens with one attached hydrogen (secondary N) is 1. The van der Waals surface area contributed by atoms with Crippen molar-refractivity contribution < 1.29 is 14.6 Å². The van der Waals surface area contributed by atoms with Crippen LogP contribution in [0.2, 0.25) is 0 Å². The van der Waals surface area contributed by atoms with Crippen LogP contribution in [0.1, 0.15) is 12.0 Å². The van der Waals surface area contributed by atoms with Gasteiger partial charge in [-0.2, -0.15) is 0 Å². The molecule has 2 aromatic heterocycles. The van der Waals surface area contributed by atoms with Gasteiger partial charge in [0.25, 0.3) is 5.56 Å². The molecule has 29 heavy (non-hydrogen) atoms. The van der Waals surface area contributed by atoms with Crippen LogP contribution in [0.4, 0.5) is 0 Å². The molecule has 4 rings (SSSR count). The van der Waals surface area contributed by atoms with Gasteiger partial charge in [-0.1, -0.05) is 18.2 Å². The van der Waals surface area contributed by atoms with Crippen molar-refractivity contribution in [1.29, 1.82) is 0 Å². The zero-order valence-electron chi connectivity index (χ0n) is 16.1. The number of amides is 1. The Morgan fingerprint density at radius 2 is 2.03 bits per heavy atom. The third kappa shape index (κ3) is 3.11. The molecule has 10 nitrogen and oxygen atoms in total. The lowest BCUT2D eigenvalue weighted by Gasteiger charge is -2.34.